The van der Waals surface area contributed by atoms with E-state index in [1.54, 1.807) is 26.0 Å². The van der Waals surface area contributed by atoms with E-state index in [0.717, 1.165) is 10.8 Å². The van der Waals surface area contributed by atoms with Gasteiger partial charge in [-0.3, -0.25) is 4.79 Å². The van der Waals surface area contributed by atoms with Crippen LogP contribution in [0.4, 0.5) is 0 Å². The third-order valence-electron chi connectivity index (χ3n) is 5.84. The fourth-order valence-corrected chi connectivity index (χ4v) is 4.28. The van der Waals surface area contributed by atoms with E-state index in [1.165, 1.54) is 7.11 Å². The second-order valence-corrected chi connectivity index (χ2v) is 8.00. The molecule has 1 aromatic heterocycles. The highest BCUT2D eigenvalue weighted by atomic mass is 16.5. The van der Waals surface area contributed by atoms with Gasteiger partial charge in [-0.15, -0.1) is 0 Å². The number of hydrogen-bond acceptors (Lipinski definition) is 5. The van der Waals surface area contributed by atoms with Crippen molar-refractivity contribution in [3.05, 3.63) is 58.3 Å². The fourth-order valence-electron chi connectivity index (χ4n) is 4.28. The molecule has 1 aliphatic heterocycles. The molecule has 2 heterocycles. The number of hydrogen-bond donors (Lipinski definition) is 3. The van der Waals surface area contributed by atoms with Crippen LogP contribution in [0, 0.1) is 0 Å². The number of aliphatic hydroxyl groups is 2. The quantitative estimate of drug-likeness (QED) is 0.342. The number of pyridine rings is 1. The summed E-state index contributed by atoms with van der Waals surface area (Å²) in [7, 11) is 1.49. The van der Waals surface area contributed by atoms with Gasteiger partial charge < -0.3 is 24.7 Å². The zero-order chi connectivity index (χ0) is 20.5. The molecule has 148 valence electrons. The van der Waals surface area contributed by atoms with Gasteiger partial charge in [-0.1, -0.05) is 30.3 Å². The van der Waals surface area contributed by atoms with Crippen molar-refractivity contribution in [3.63, 3.8) is 0 Å². The second kappa shape index (κ2) is 5.95. The summed E-state index contributed by atoms with van der Waals surface area (Å²) in [6.07, 6.45) is -2.37. The van der Waals surface area contributed by atoms with E-state index >= 15 is 0 Å². The number of aromatic amines is 1. The first-order valence-corrected chi connectivity index (χ1v) is 9.47. The molecule has 0 saturated carbocycles. The van der Waals surface area contributed by atoms with Gasteiger partial charge in [0, 0.05) is 22.4 Å². The average Bonchev–Trinajstić information content (AvgIpc) is 2.71. The Morgan fingerprint density at radius 2 is 1.83 bits per heavy atom. The van der Waals surface area contributed by atoms with Crippen molar-refractivity contribution < 1.29 is 19.7 Å². The van der Waals surface area contributed by atoms with Crippen molar-refractivity contribution in [2.45, 2.75) is 31.7 Å². The van der Waals surface area contributed by atoms with Crippen molar-refractivity contribution in [1.29, 1.82) is 0 Å². The van der Waals surface area contributed by atoms with E-state index in [-0.39, 0.29) is 5.43 Å². The molecule has 6 nitrogen and oxygen atoms in total. The number of H-pyrrole nitrogens is 1. The molecule has 0 bridgehead atoms. The molecule has 29 heavy (non-hydrogen) atoms. The number of aromatic nitrogens is 1. The van der Waals surface area contributed by atoms with Gasteiger partial charge >= 0.3 is 0 Å². The lowest BCUT2D eigenvalue weighted by Crippen LogP contribution is -2.48. The number of nitrogens with one attached hydrogen (secondary N) is 1. The van der Waals surface area contributed by atoms with Crippen molar-refractivity contribution in [1.82, 2.24) is 4.98 Å². The molecule has 0 fully saturated rings. The molecule has 0 aliphatic carbocycles. The summed E-state index contributed by atoms with van der Waals surface area (Å²) < 4.78 is 11.5. The number of rotatable bonds is 1. The minimum atomic E-state index is -1.22. The highest BCUT2D eigenvalue weighted by Crippen LogP contribution is 2.45. The first-order chi connectivity index (χ1) is 13.8. The van der Waals surface area contributed by atoms with E-state index in [2.05, 4.69) is 4.98 Å². The zero-order valence-corrected chi connectivity index (χ0v) is 16.3. The maximum Gasteiger partial charge on any atom is 0.200 e. The summed E-state index contributed by atoms with van der Waals surface area (Å²) in [5, 5.41) is 24.2. The Hall–Kier alpha value is -3.09. The second-order valence-electron chi connectivity index (χ2n) is 8.00. The maximum absolute atomic E-state index is 13.4. The minimum absolute atomic E-state index is 0.203. The zero-order valence-electron chi connectivity index (χ0n) is 16.3. The molecule has 0 unspecified atom stereocenters. The van der Waals surface area contributed by atoms with Gasteiger partial charge in [-0.25, -0.2) is 0 Å². The van der Waals surface area contributed by atoms with Crippen molar-refractivity contribution >= 4 is 32.6 Å². The predicted octanol–water partition coefficient (Wildman–Crippen LogP) is 3.41. The molecule has 0 saturated heterocycles. The summed E-state index contributed by atoms with van der Waals surface area (Å²) in [5.41, 5.74) is 0.248. The third-order valence-corrected chi connectivity index (χ3v) is 5.84. The largest absolute Gasteiger partial charge is 0.496 e. The average molecular weight is 391 g/mol. The summed E-state index contributed by atoms with van der Waals surface area (Å²) in [4.78, 5) is 16.8. The summed E-state index contributed by atoms with van der Waals surface area (Å²) in [6.45, 7) is 3.41. The molecule has 0 spiro atoms. The highest BCUT2D eigenvalue weighted by molar-refractivity contribution is 6.09. The molecule has 1 aliphatic rings. The number of benzene rings is 3. The van der Waals surface area contributed by atoms with Crippen LogP contribution in [0.3, 0.4) is 0 Å². The Bertz CT molecular complexity index is 1350. The number of ether oxygens (including phenoxy) is 2. The van der Waals surface area contributed by atoms with Crippen molar-refractivity contribution in [3.8, 4) is 11.5 Å². The van der Waals surface area contributed by atoms with Gasteiger partial charge in [0.2, 0.25) is 5.43 Å². The molecular weight excluding hydrogens is 370 g/mol. The van der Waals surface area contributed by atoms with Crippen LogP contribution in [0.1, 0.15) is 25.5 Å². The SMILES string of the molecule is COc1cc2c(c3[nH]c4c(ccc5ccccc54)c(=O)c13)[C@@H](O)[C@@H](O)C(C)(C)O2. The van der Waals surface area contributed by atoms with Crippen LogP contribution in [0.25, 0.3) is 32.6 Å². The molecule has 4 aromatic rings. The normalized spacial score (nSPS) is 20.6. The van der Waals surface area contributed by atoms with Crippen LogP contribution in [0.5, 0.6) is 11.5 Å². The van der Waals surface area contributed by atoms with Crippen LogP contribution < -0.4 is 14.9 Å². The van der Waals surface area contributed by atoms with Gasteiger partial charge in [-0.2, -0.15) is 0 Å². The number of methoxy groups -OCH3 is 1. The lowest BCUT2D eigenvalue weighted by Gasteiger charge is -2.40. The summed E-state index contributed by atoms with van der Waals surface area (Å²) in [5.74, 6) is 0.738. The van der Waals surface area contributed by atoms with E-state index in [1.807, 2.05) is 30.3 Å². The van der Waals surface area contributed by atoms with E-state index in [0.29, 0.717) is 38.9 Å². The van der Waals surface area contributed by atoms with E-state index in [9.17, 15) is 15.0 Å². The maximum atomic E-state index is 13.4. The number of aliphatic hydroxyl groups excluding tert-OH is 2. The minimum Gasteiger partial charge on any atom is -0.496 e. The van der Waals surface area contributed by atoms with Gasteiger partial charge in [0.05, 0.1) is 23.5 Å². The monoisotopic (exact) mass is 391 g/mol. The molecule has 3 aromatic carbocycles. The van der Waals surface area contributed by atoms with E-state index in [4.69, 9.17) is 9.47 Å². The molecule has 3 N–H and O–H groups in total. The summed E-state index contributed by atoms with van der Waals surface area (Å²) >= 11 is 0. The lowest BCUT2D eigenvalue weighted by molar-refractivity contribution is -0.111. The van der Waals surface area contributed by atoms with Crippen LogP contribution in [-0.4, -0.2) is 34.0 Å². The predicted molar refractivity (Wildman–Crippen MR) is 112 cm³/mol. The smallest absolute Gasteiger partial charge is 0.200 e. The topological polar surface area (TPSA) is 91.8 Å². The Morgan fingerprint density at radius 1 is 1.07 bits per heavy atom. The standard InChI is InChI=1S/C23H21NO5/c1-23(2)22(27)21(26)17-15(29-23)10-14(28-3)16-19(17)24-18-12-7-5-4-6-11(12)8-9-13(18)20(16)25/h4-10,21-22,26-27H,1-3H3,(H,24,25)/t21-,22-/m1/s1. The van der Waals surface area contributed by atoms with Gasteiger partial charge in [0.15, 0.2) is 0 Å². The van der Waals surface area contributed by atoms with Crippen molar-refractivity contribution in [2.24, 2.45) is 0 Å². The molecule has 2 atom stereocenters. The Labute approximate surface area is 166 Å². The molecular formula is C23H21NO5. The van der Waals surface area contributed by atoms with Crippen LogP contribution in [0.2, 0.25) is 0 Å². The molecule has 5 rings (SSSR count). The Kier molecular flexibility index (Phi) is 3.69. The van der Waals surface area contributed by atoms with Crippen LogP contribution >= 0.6 is 0 Å². The van der Waals surface area contributed by atoms with Crippen molar-refractivity contribution in [2.75, 3.05) is 7.11 Å². The fraction of sp³-hybridized carbons (Fsp3) is 0.261. The van der Waals surface area contributed by atoms with Gasteiger partial charge in [-0.05, 0) is 25.3 Å². The first kappa shape index (κ1) is 18.0. The molecule has 0 amide bonds. The third kappa shape index (κ3) is 2.39. The summed E-state index contributed by atoms with van der Waals surface area (Å²) in [6, 6.07) is 13.1. The molecule has 0 radical (unpaired) electrons. The lowest BCUT2D eigenvalue weighted by atomic mass is 9.87. The first-order valence-electron chi connectivity index (χ1n) is 9.47. The van der Waals surface area contributed by atoms with Crippen LogP contribution in [0.15, 0.2) is 47.3 Å². The van der Waals surface area contributed by atoms with Crippen LogP contribution in [-0.2, 0) is 0 Å². The molecule has 6 heteroatoms. The Balaban J connectivity index is 2.00. The number of fused-ring (bicyclic) bond motifs is 6. The van der Waals surface area contributed by atoms with Gasteiger partial charge in [0.1, 0.15) is 29.3 Å². The van der Waals surface area contributed by atoms with E-state index < -0.39 is 17.8 Å². The van der Waals surface area contributed by atoms with Gasteiger partial charge in [0.25, 0.3) is 0 Å². The highest BCUT2D eigenvalue weighted by Gasteiger charge is 2.44. The Morgan fingerprint density at radius 3 is 2.59 bits per heavy atom.